The predicted octanol–water partition coefficient (Wildman–Crippen LogP) is 0.210. The van der Waals surface area contributed by atoms with E-state index in [0.717, 1.165) is 12.8 Å². The summed E-state index contributed by atoms with van der Waals surface area (Å²) in [5.41, 5.74) is 0. The number of hydrogen-bond acceptors (Lipinski definition) is 4. The number of piperidine rings is 1. The zero-order chi connectivity index (χ0) is 12.4. The number of aromatic nitrogens is 3. The molecule has 17 heavy (non-hydrogen) atoms. The zero-order valence-electron chi connectivity index (χ0n) is 10.2. The second kappa shape index (κ2) is 4.83. The fourth-order valence-electron chi connectivity index (χ4n) is 1.92. The number of carbonyl (C=O) groups is 1. The van der Waals surface area contributed by atoms with Gasteiger partial charge in [0.2, 0.25) is 5.82 Å². The van der Waals surface area contributed by atoms with Gasteiger partial charge in [0.25, 0.3) is 5.91 Å². The van der Waals surface area contributed by atoms with Crippen molar-refractivity contribution >= 4 is 5.91 Å². The summed E-state index contributed by atoms with van der Waals surface area (Å²) in [5, 5.41) is 16.4. The summed E-state index contributed by atoms with van der Waals surface area (Å²) in [7, 11) is 0. The number of hydrogen-bond donors (Lipinski definition) is 2. The van der Waals surface area contributed by atoms with Crippen LogP contribution in [-0.4, -0.2) is 50.3 Å². The van der Waals surface area contributed by atoms with Gasteiger partial charge in [-0.2, -0.15) is 0 Å². The van der Waals surface area contributed by atoms with Crippen LogP contribution in [0.1, 0.15) is 36.7 Å². The molecule has 2 atom stereocenters. The minimum Gasteiger partial charge on any atom is -0.391 e. The number of likely N-dealkylation sites (tertiary alicyclic amines) is 1. The first-order valence-electron chi connectivity index (χ1n) is 6.00. The maximum atomic E-state index is 12.1. The number of carbonyl (C=O) groups excluding carboxylic acids is 1. The van der Waals surface area contributed by atoms with Gasteiger partial charge in [0.1, 0.15) is 5.82 Å². The summed E-state index contributed by atoms with van der Waals surface area (Å²) < 4.78 is 0. The molecule has 0 bridgehead atoms. The number of H-pyrrole nitrogens is 1. The first-order valence-corrected chi connectivity index (χ1v) is 6.00. The van der Waals surface area contributed by atoms with E-state index in [2.05, 4.69) is 15.2 Å². The molecular weight excluding hydrogens is 220 g/mol. The molecule has 1 amide bonds. The number of aromatic amines is 1. The average Bonchev–Trinajstić information content (AvgIpc) is 2.80. The molecular formula is C11H18N4O2. The molecule has 94 valence electrons. The van der Waals surface area contributed by atoms with E-state index in [0.29, 0.717) is 18.9 Å². The van der Waals surface area contributed by atoms with Crippen LogP contribution in [0, 0.1) is 5.92 Å². The highest BCUT2D eigenvalue weighted by molar-refractivity contribution is 5.90. The van der Waals surface area contributed by atoms with Gasteiger partial charge in [-0.3, -0.25) is 9.89 Å². The Bertz CT molecular complexity index is 404. The molecule has 1 aromatic rings. The number of rotatable bonds is 2. The molecule has 2 N–H and O–H groups in total. The third-order valence-corrected chi connectivity index (χ3v) is 3.26. The van der Waals surface area contributed by atoms with Crippen LogP contribution in [-0.2, 0) is 6.42 Å². The number of β-amino-alcohol motifs (C(OH)–C–C–N with tert-alkyl or cyclic N) is 1. The Hall–Kier alpha value is -1.43. The maximum absolute atomic E-state index is 12.1. The first-order chi connectivity index (χ1) is 8.11. The summed E-state index contributed by atoms with van der Waals surface area (Å²) in [5.74, 6) is 0.951. The third kappa shape index (κ3) is 2.46. The summed E-state index contributed by atoms with van der Waals surface area (Å²) in [6.45, 7) is 4.97. The Morgan fingerprint density at radius 2 is 2.41 bits per heavy atom. The zero-order valence-corrected chi connectivity index (χ0v) is 10.2. The Labute approximate surface area is 100 Å². The molecule has 2 rings (SSSR count). The number of nitrogens with zero attached hydrogens (tertiary/aromatic N) is 3. The molecule has 0 radical (unpaired) electrons. The quantitative estimate of drug-likeness (QED) is 0.771. The number of nitrogens with one attached hydrogen (secondary N) is 1. The average molecular weight is 238 g/mol. The molecule has 0 aromatic carbocycles. The van der Waals surface area contributed by atoms with E-state index in [1.165, 1.54) is 0 Å². The molecule has 6 nitrogen and oxygen atoms in total. The van der Waals surface area contributed by atoms with E-state index in [1.807, 2.05) is 13.8 Å². The summed E-state index contributed by atoms with van der Waals surface area (Å²) in [4.78, 5) is 17.8. The SMILES string of the molecule is CCc1nc(C(=O)N2CCC(C)C(O)C2)n[nH]1. The lowest BCUT2D eigenvalue weighted by atomic mass is 9.96. The van der Waals surface area contributed by atoms with E-state index < -0.39 is 6.10 Å². The number of aliphatic hydroxyl groups excluding tert-OH is 1. The highest BCUT2D eigenvalue weighted by Gasteiger charge is 2.29. The normalized spacial score (nSPS) is 25.0. The van der Waals surface area contributed by atoms with Gasteiger partial charge in [0, 0.05) is 19.5 Å². The Morgan fingerprint density at radius 3 is 3.00 bits per heavy atom. The van der Waals surface area contributed by atoms with E-state index in [4.69, 9.17) is 0 Å². The van der Waals surface area contributed by atoms with Gasteiger partial charge < -0.3 is 10.0 Å². The third-order valence-electron chi connectivity index (χ3n) is 3.26. The van der Waals surface area contributed by atoms with Crippen LogP contribution in [0.2, 0.25) is 0 Å². The van der Waals surface area contributed by atoms with Crippen molar-refractivity contribution in [3.63, 3.8) is 0 Å². The lowest BCUT2D eigenvalue weighted by Gasteiger charge is -2.33. The van der Waals surface area contributed by atoms with Crippen LogP contribution in [0.5, 0.6) is 0 Å². The summed E-state index contributed by atoms with van der Waals surface area (Å²) >= 11 is 0. The van der Waals surface area contributed by atoms with Gasteiger partial charge in [-0.25, -0.2) is 4.98 Å². The van der Waals surface area contributed by atoms with Gasteiger partial charge >= 0.3 is 0 Å². The lowest BCUT2D eigenvalue weighted by molar-refractivity contribution is 0.0241. The molecule has 6 heteroatoms. The maximum Gasteiger partial charge on any atom is 0.293 e. The van der Waals surface area contributed by atoms with Gasteiger partial charge in [-0.15, -0.1) is 5.10 Å². The van der Waals surface area contributed by atoms with Crippen LogP contribution in [0.25, 0.3) is 0 Å². The van der Waals surface area contributed by atoms with Gasteiger partial charge in [-0.1, -0.05) is 13.8 Å². The second-order valence-corrected chi connectivity index (χ2v) is 4.54. The first kappa shape index (κ1) is 12.0. The Balaban J connectivity index is 2.05. The van der Waals surface area contributed by atoms with Gasteiger partial charge in [-0.05, 0) is 12.3 Å². The summed E-state index contributed by atoms with van der Waals surface area (Å²) in [6, 6.07) is 0. The molecule has 1 aliphatic rings. The molecule has 0 saturated carbocycles. The second-order valence-electron chi connectivity index (χ2n) is 4.54. The van der Waals surface area contributed by atoms with Crippen molar-refractivity contribution in [1.29, 1.82) is 0 Å². The molecule has 2 unspecified atom stereocenters. The van der Waals surface area contributed by atoms with E-state index >= 15 is 0 Å². The monoisotopic (exact) mass is 238 g/mol. The fraction of sp³-hybridized carbons (Fsp3) is 0.727. The van der Waals surface area contributed by atoms with Crippen LogP contribution in [0.15, 0.2) is 0 Å². The summed E-state index contributed by atoms with van der Waals surface area (Å²) in [6.07, 6.45) is 1.09. The van der Waals surface area contributed by atoms with Crippen molar-refractivity contribution in [3.05, 3.63) is 11.6 Å². The van der Waals surface area contributed by atoms with Crippen molar-refractivity contribution < 1.29 is 9.90 Å². The molecule has 1 aliphatic heterocycles. The highest BCUT2D eigenvalue weighted by Crippen LogP contribution is 2.18. The van der Waals surface area contributed by atoms with Crippen molar-refractivity contribution in [3.8, 4) is 0 Å². The Morgan fingerprint density at radius 1 is 1.65 bits per heavy atom. The fourth-order valence-corrected chi connectivity index (χ4v) is 1.92. The largest absolute Gasteiger partial charge is 0.391 e. The minimum atomic E-state index is -0.447. The smallest absolute Gasteiger partial charge is 0.293 e. The van der Waals surface area contributed by atoms with E-state index in [9.17, 15) is 9.90 Å². The van der Waals surface area contributed by atoms with Crippen LogP contribution in [0.3, 0.4) is 0 Å². The molecule has 0 spiro atoms. The van der Waals surface area contributed by atoms with Gasteiger partial charge in [0.15, 0.2) is 0 Å². The molecule has 2 heterocycles. The van der Waals surface area contributed by atoms with Crippen LogP contribution >= 0.6 is 0 Å². The number of aryl methyl sites for hydroxylation is 1. The number of aliphatic hydroxyl groups is 1. The van der Waals surface area contributed by atoms with E-state index in [-0.39, 0.29) is 17.6 Å². The molecule has 1 aromatic heterocycles. The lowest BCUT2D eigenvalue weighted by Crippen LogP contribution is -2.46. The van der Waals surface area contributed by atoms with Crippen molar-refractivity contribution in [2.24, 2.45) is 5.92 Å². The van der Waals surface area contributed by atoms with Crippen LogP contribution < -0.4 is 0 Å². The Kier molecular flexibility index (Phi) is 3.42. The molecule has 1 fully saturated rings. The van der Waals surface area contributed by atoms with Crippen molar-refractivity contribution in [2.75, 3.05) is 13.1 Å². The predicted molar refractivity (Wildman–Crippen MR) is 61.5 cm³/mol. The standard InChI is InChI=1S/C11H18N4O2/c1-3-9-12-10(14-13-9)11(17)15-5-4-7(2)8(16)6-15/h7-8,16H,3-6H2,1-2H3,(H,12,13,14). The molecule has 0 aliphatic carbocycles. The van der Waals surface area contributed by atoms with E-state index in [1.54, 1.807) is 4.90 Å². The van der Waals surface area contributed by atoms with Crippen LogP contribution in [0.4, 0.5) is 0 Å². The highest BCUT2D eigenvalue weighted by atomic mass is 16.3. The minimum absolute atomic E-state index is 0.198. The van der Waals surface area contributed by atoms with Crippen molar-refractivity contribution in [2.45, 2.75) is 32.8 Å². The topological polar surface area (TPSA) is 82.1 Å². The molecule has 1 saturated heterocycles. The van der Waals surface area contributed by atoms with Gasteiger partial charge in [0.05, 0.1) is 6.10 Å². The number of amides is 1. The van der Waals surface area contributed by atoms with Crippen molar-refractivity contribution in [1.82, 2.24) is 20.1 Å².